The summed E-state index contributed by atoms with van der Waals surface area (Å²) in [6, 6.07) is 15.0. The molecule has 1 saturated heterocycles. The van der Waals surface area contributed by atoms with Crippen molar-refractivity contribution < 1.29 is 34.8 Å². The fourth-order valence-electron chi connectivity index (χ4n) is 3.88. The maximum Gasteiger partial charge on any atom is 0.291 e. The van der Waals surface area contributed by atoms with Crippen molar-refractivity contribution in [2.45, 2.75) is 37.1 Å². The van der Waals surface area contributed by atoms with E-state index in [0.29, 0.717) is 23.2 Å². The van der Waals surface area contributed by atoms with Gasteiger partial charge < -0.3 is 29.2 Å². The molecule has 1 fully saturated rings. The lowest BCUT2D eigenvalue weighted by Crippen LogP contribution is -2.37. The van der Waals surface area contributed by atoms with Crippen LogP contribution < -0.4 is 4.74 Å². The number of imidazole rings is 1. The molecule has 0 spiro atoms. The second-order valence-electron chi connectivity index (χ2n) is 8.58. The average Bonchev–Trinajstić information content (AvgIpc) is 3.66. The van der Waals surface area contributed by atoms with Crippen LogP contribution in [0.2, 0.25) is 10.0 Å². The molecule has 0 saturated carbocycles. The summed E-state index contributed by atoms with van der Waals surface area (Å²) in [6.07, 6.45) is 5.93. The Bertz CT molecular complexity index is 1480. The quantitative estimate of drug-likeness (QED) is 0.0964. The molecule has 0 amide bonds. The van der Waals surface area contributed by atoms with Crippen molar-refractivity contribution in [1.82, 2.24) is 19.5 Å². The molecule has 2 aromatic heterocycles. The van der Waals surface area contributed by atoms with Crippen LogP contribution >= 0.6 is 35.0 Å². The molecule has 44 heavy (non-hydrogen) atoms. The van der Waals surface area contributed by atoms with Gasteiger partial charge in [0, 0.05) is 34.7 Å². The highest BCUT2D eigenvalue weighted by molar-refractivity contribution is 7.99. The van der Waals surface area contributed by atoms with Crippen LogP contribution in [-0.2, 0) is 16.0 Å². The summed E-state index contributed by atoms with van der Waals surface area (Å²) in [6.45, 7) is 2.98. The number of halogens is 2. The molecule has 0 aliphatic carbocycles. The highest BCUT2D eigenvalue weighted by Crippen LogP contribution is 2.35. The van der Waals surface area contributed by atoms with Gasteiger partial charge in [0.15, 0.2) is 11.4 Å². The minimum absolute atomic E-state index is 0.320. The minimum Gasteiger partial charge on any atom is -0.486 e. The van der Waals surface area contributed by atoms with Crippen LogP contribution in [0.25, 0.3) is 11.3 Å². The minimum atomic E-state index is -1.50. The zero-order valence-electron chi connectivity index (χ0n) is 22.9. The van der Waals surface area contributed by atoms with Gasteiger partial charge >= 0.3 is 0 Å². The van der Waals surface area contributed by atoms with E-state index in [0.717, 1.165) is 33.5 Å². The Morgan fingerprint density at radius 1 is 1.11 bits per heavy atom. The van der Waals surface area contributed by atoms with Crippen molar-refractivity contribution in [3.8, 4) is 17.0 Å². The van der Waals surface area contributed by atoms with E-state index in [1.165, 1.54) is 0 Å². The van der Waals surface area contributed by atoms with Crippen molar-refractivity contribution in [3.05, 3.63) is 109 Å². The molecular formula is C26H26Cl2N6O9S. The predicted molar refractivity (Wildman–Crippen MR) is 158 cm³/mol. The van der Waals surface area contributed by atoms with E-state index >= 15 is 0 Å². The van der Waals surface area contributed by atoms with Crippen LogP contribution in [0.5, 0.6) is 5.75 Å². The predicted octanol–water partition coefficient (Wildman–Crippen LogP) is 5.63. The van der Waals surface area contributed by atoms with Crippen molar-refractivity contribution in [1.29, 1.82) is 0 Å². The normalized spacial score (nSPS) is 16.1. The number of hydrogen-bond donors (Lipinski definition) is 2. The zero-order valence-corrected chi connectivity index (χ0v) is 25.2. The topological polar surface area (TPSA) is 198 Å². The van der Waals surface area contributed by atoms with Crippen LogP contribution in [0.4, 0.5) is 0 Å². The van der Waals surface area contributed by atoms with Gasteiger partial charge in [-0.1, -0.05) is 48.0 Å². The molecule has 4 aromatic rings. The highest BCUT2D eigenvalue weighted by Gasteiger charge is 2.36. The van der Waals surface area contributed by atoms with Gasteiger partial charge in [0.25, 0.3) is 10.2 Å². The Balaban J connectivity index is 0.000000592. The van der Waals surface area contributed by atoms with Crippen LogP contribution in [0.15, 0.2) is 78.6 Å². The van der Waals surface area contributed by atoms with Gasteiger partial charge in [-0.3, -0.25) is 0 Å². The first-order valence-electron chi connectivity index (χ1n) is 12.6. The molecule has 0 bridgehead atoms. The van der Waals surface area contributed by atoms with E-state index in [-0.39, 0.29) is 12.2 Å². The van der Waals surface area contributed by atoms with Gasteiger partial charge in [-0.2, -0.15) is 0 Å². The molecule has 234 valence electrons. The molecule has 2 aromatic carbocycles. The number of ether oxygens (including phenoxy) is 3. The van der Waals surface area contributed by atoms with Gasteiger partial charge in [0.2, 0.25) is 0 Å². The summed E-state index contributed by atoms with van der Waals surface area (Å²) >= 11 is 14.0. The molecule has 0 radical (unpaired) electrons. The number of hydrogen-bond acceptors (Lipinski definition) is 11. The second-order valence-corrected chi connectivity index (χ2v) is 10.7. The molecule has 3 unspecified atom stereocenters. The third-order valence-corrected chi connectivity index (χ3v) is 6.94. The number of nitrogens with zero attached hydrogens (tertiary/aromatic N) is 6. The largest absolute Gasteiger partial charge is 0.486 e. The van der Waals surface area contributed by atoms with Gasteiger partial charge in [0.05, 0.1) is 30.2 Å². The summed E-state index contributed by atoms with van der Waals surface area (Å²) in [7, 11) is 0. The highest BCUT2D eigenvalue weighted by atomic mass is 35.5. The lowest BCUT2D eigenvalue weighted by atomic mass is 10.1. The summed E-state index contributed by atoms with van der Waals surface area (Å²) in [5, 5.41) is 29.1. The van der Waals surface area contributed by atoms with Gasteiger partial charge in [-0.15, -0.1) is 20.2 Å². The molecule has 15 nitrogen and oxygen atoms in total. The standard InChI is InChI=1S/C26H24Cl2N4O3S.2HNO3/c1-2-36-26-30-10-9-22(31-26)17-3-6-19(7-4-17)34-23(14-32-12-11-29-16-32)24-15-33-25(35-24)20-8-5-18(27)13-21(20)28;2*2-1(3)4/h3-13,16,23-25H,2,14-15H2,1H3;2*(H,2,3,4). The Hall–Kier alpha value is -4.22. The summed E-state index contributed by atoms with van der Waals surface area (Å²) < 4.78 is 20.6. The third kappa shape index (κ3) is 11.1. The first kappa shape index (κ1) is 34.3. The van der Waals surface area contributed by atoms with Crippen LogP contribution in [0.3, 0.4) is 0 Å². The van der Waals surface area contributed by atoms with Crippen molar-refractivity contribution in [3.63, 3.8) is 0 Å². The van der Waals surface area contributed by atoms with E-state index in [1.807, 2.05) is 47.2 Å². The molecule has 1 aliphatic heterocycles. The Labute approximate surface area is 264 Å². The maximum absolute atomic E-state index is 8.36. The lowest BCUT2D eigenvalue weighted by Gasteiger charge is -2.24. The lowest BCUT2D eigenvalue weighted by molar-refractivity contribution is -0.742. The Kier molecular flexibility index (Phi) is 13.4. The van der Waals surface area contributed by atoms with E-state index < -0.39 is 16.5 Å². The van der Waals surface area contributed by atoms with Gasteiger partial charge in [0.1, 0.15) is 18.0 Å². The van der Waals surface area contributed by atoms with Crippen LogP contribution in [-0.4, -0.2) is 64.7 Å². The van der Waals surface area contributed by atoms with E-state index in [1.54, 1.807) is 42.6 Å². The van der Waals surface area contributed by atoms with Gasteiger partial charge in [-0.25, -0.2) is 15.0 Å². The zero-order chi connectivity index (χ0) is 32.1. The molecule has 3 atom stereocenters. The van der Waals surface area contributed by atoms with E-state index in [2.05, 4.69) is 21.9 Å². The molecule has 3 heterocycles. The second kappa shape index (κ2) is 17.2. The Morgan fingerprint density at radius 2 is 1.82 bits per heavy atom. The first-order chi connectivity index (χ1) is 21.0. The smallest absolute Gasteiger partial charge is 0.291 e. The maximum atomic E-state index is 8.36. The van der Waals surface area contributed by atoms with Gasteiger partial charge in [-0.05, 0) is 48.2 Å². The number of rotatable bonds is 9. The number of aromatic nitrogens is 4. The molecule has 1 aliphatic rings. The van der Waals surface area contributed by atoms with Crippen molar-refractivity contribution >= 4 is 35.0 Å². The fourth-order valence-corrected chi connectivity index (χ4v) is 4.94. The fraction of sp³-hybridized carbons (Fsp3) is 0.269. The summed E-state index contributed by atoms with van der Waals surface area (Å²) in [5.74, 6) is 1.64. The third-order valence-electron chi connectivity index (χ3n) is 5.64. The summed E-state index contributed by atoms with van der Waals surface area (Å²) in [4.78, 5) is 29.8. The van der Waals surface area contributed by atoms with E-state index in [4.69, 9.17) is 68.1 Å². The van der Waals surface area contributed by atoms with E-state index in [9.17, 15) is 0 Å². The first-order valence-corrected chi connectivity index (χ1v) is 14.4. The SMILES string of the molecule is CCSc1nccc(-c2ccc(OC(Cn3ccnc3)C3COC(c4ccc(Cl)cc4Cl)O3)cc2)n1.O=[N+]([O-])O.O=[N+]([O-])O. The van der Waals surface area contributed by atoms with Crippen molar-refractivity contribution in [2.24, 2.45) is 0 Å². The average molecular weight is 670 g/mol. The Morgan fingerprint density at radius 3 is 2.43 bits per heavy atom. The van der Waals surface area contributed by atoms with Crippen molar-refractivity contribution in [2.75, 3.05) is 12.4 Å². The monoisotopic (exact) mass is 668 g/mol. The molecule has 5 rings (SSSR count). The number of thioether (sulfide) groups is 1. The molecule has 2 N–H and O–H groups in total. The molecule has 18 heteroatoms. The number of benzene rings is 2. The molecular weight excluding hydrogens is 643 g/mol. The summed E-state index contributed by atoms with van der Waals surface area (Å²) in [5.41, 5.74) is 2.60. The van der Waals surface area contributed by atoms with Crippen LogP contribution in [0, 0.1) is 20.2 Å². The van der Waals surface area contributed by atoms with Crippen LogP contribution in [0.1, 0.15) is 18.8 Å².